The largest absolute Gasteiger partial charge is 0.503 e. The number of hydrogen-bond donors (Lipinski definition) is 1. The molecular weight excluding hydrogens is 428 g/mol. The number of hydrogen-bond acceptors (Lipinski definition) is 6. The Hall–Kier alpha value is -2.32. The zero-order chi connectivity index (χ0) is 19.2. The molecule has 0 aliphatic rings. The minimum Gasteiger partial charge on any atom is -0.503 e. The molecule has 0 spiro atoms. The first-order valence-electron chi connectivity index (χ1n) is 8.34. The van der Waals surface area contributed by atoms with Crippen LogP contribution in [0.5, 0.6) is 11.5 Å². The molecule has 0 saturated heterocycles. The fourth-order valence-electron chi connectivity index (χ4n) is 2.49. The number of aromatic hydroxyl groups is 1. The summed E-state index contributed by atoms with van der Waals surface area (Å²) in [6.45, 7) is 2.33. The summed E-state index contributed by atoms with van der Waals surface area (Å²) >= 11 is 4.83. The summed E-state index contributed by atoms with van der Waals surface area (Å²) in [4.78, 5) is 0. The molecule has 0 saturated carbocycles. The lowest BCUT2D eigenvalue weighted by molar-refractivity contribution is 0.317. The lowest BCUT2D eigenvalue weighted by Gasteiger charge is -2.08. The molecule has 27 heavy (non-hydrogen) atoms. The molecule has 3 aromatic rings. The number of ether oxygens (including phenoxy) is 1. The lowest BCUT2D eigenvalue weighted by Crippen LogP contribution is -2.01. The summed E-state index contributed by atoms with van der Waals surface area (Å²) in [5.74, 6) is 1.24. The van der Waals surface area contributed by atoms with E-state index in [0.29, 0.717) is 28.4 Å². The van der Waals surface area contributed by atoms with Gasteiger partial charge in [0.05, 0.1) is 17.3 Å². The Morgan fingerprint density at radius 1 is 1.26 bits per heavy atom. The number of nitrogens with zero attached hydrogens (tertiary/aromatic N) is 4. The van der Waals surface area contributed by atoms with Gasteiger partial charge in [-0.25, -0.2) is 0 Å². The number of aromatic nitrogens is 3. The van der Waals surface area contributed by atoms with E-state index in [9.17, 15) is 5.11 Å². The Bertz CT molecular complexity index is 944. The molecule has 0 amide bonds. The standard InChI is InChI=1S/C19H19BrN4O2S/c1-3-26-16-10-14(9-15(20)18(16)25)12-21-24-17(22-23-19(24)27-2)11-13-7-5-4-6-8-13/h4-10,12,25H,3,11H2,1-2H3/b21-12-. The van der Waals surface area contributed by atoms with Crippen molar-refractivity contribution in [2.45, 2.75) is 18.5 Å². The van der Waals surface area contributed by atoms with Crippen molar-refractivity contribution in [2.24, 2.45) is 5.10 Å². The van der Waals surface area contributed by atoms with Crippen LogP contribution in [0.4, 0.5) is 0 Å². The van der Waals surface area contributed by atoms with Gasteiger partial charge in [0.25, 0.3) is 0 Å². The van der Waals surface area contributed by atoms with Gasteiger partial charge in [0.2, 0.25) is 5.16 Å². The van der Waals surface area contributed by atoms with Gasteiger partial charge in [-0.2, -0.15) is 9.78 Å². The molecule has 0 radical (unpaired) electrons. The SMILES string of the molecule is CCOc1cc(/C=N\n2c(Cc3ccccc3)nnc2SC)cc(Br)c1O. The van der Waals surface area contributed by atoms with Crippen molar-refractivity contribution in [3.05, 3.63) is 63.9 Å². The molecule has 0 aliphatic carbocycles. The average molecular weight is 447 g/mol. The van der Waals surface area contributed by atoms with Gasteiger partial charge < -0.3 is 9.84 Å². The maximum Gasteiger partial charge on any atom is 0.211 e. The molecule has 1 aromatic heterocycles. The van der Waals surface area contributed by atoms with Crippen LogP contribution >= 0.6 is 27.7 Å². The molecule has 6 nitrogen and oxygen atoms in total. The minimum absolute atomic E-state index is 0.0767. The fraction of sp³-hybridized carbons (Fsp3) is 0.211. The smallest absolute Gasteiger partial charge is 0.211 e. The van der Waals surface area contributed by atoms with E-state index in [1.165, 1.54) is 11.8 Å². The third kappa shape index (κ3) is 4.70. The van der Waals surface area contributed by atoms with Gasteiger partial charge in [0, 0.05) is 6.42 Å². The van der Waals surface area contributed by atoms with E-state index >= 15 is 0 Å². The molecular formula is C19H19BrN4O2S. The van der Waals surface area contributed by atoms with Crippen LogP contribution in [0.15, 0.2) is 57.2 Å². The van der Waals surface area contributed by atoms with Crippen molar-refractivity contribution in [1.29, 1.82) is 0 Å². The second-order valence-corrected chi connectivity index (χ2v) is 7.23. The topological polar surface area (TPSA) is 72.5 Å². The number of phenolic OH excluding ortho intramolecular Hbond substituents is 1. The van der Waals surface area contributed by atoms with Gasteiger partial charge in [-0.15, -0.1) is 10.2 Å². The third-order valence-corrected chi connectivity index (χ3v) is 4.96. The van der Waals surface area contributed by atoms with Crippen molar-refractivity contribution >= 4 is 33.9 Å². The second-order valence-electron chi connectivity index (χ2n) is 5.60. The van der Waals surface area contributed by atoms with Crippen LogP contribution in [-0.4, -0.2) is 39.1 Å². The monoisotopic (exact) mass is 446 g/mol. The summed E-state index contributed by atoms with van der Waals surface area (Å²) in [5.41, 5.74) is 1.93. The highest BCUT2D eigenvalue weighted by Crippen LogP contribution is 2.35. The van der Waals surface area contributed by atoms with Crippen molar-refractivity contribution in [3.63, 3.8) is 0 Å². The van der Waals surface area contributed by atoms with Crippen LogP contribution < -0.4 is 4.74 Å². The van der Waals surface area contributed by atoms with Crippen LogP contribution in [0.25, 0.3) is 0 Å². The average Bonchev–Trinajstić information content (AvgIpc) is 3.06. The molecule has 2 aromatic carbocycles. The van der Waals surface area contributed by atoms with E-state index in [-0.39, 0.29) is 5.75 Å². The zero-order valence-electron chi connectivity index (χ0n) is 15.0. The highest BCUT2D eigenvalue weighted by atomic mass is 79.9. The molecule has 1 heterocycles. The summed E-state index contributed by atoms with van der Waals surface area (Å²) in [7, 11) is 0. The molecule has 0 atom stereocenters. The van der Waals surface area contributed by atoms with Gasteiger partial charge in [-0.1, -0.05) is 42.1 Å². The van der Waals surface area contributed by atoms with Crippen LogP contribution in [-0.2, 0) is 6.42 Å². The predicted molar refractivity (Wildman–Crippen MR) is 111 cm³/mol. The molecule has 0 fully saturated rings. The summed E-state index contributed by atoms with van der Waals surface area (Å²) in [5, 5.41) is 23.8. The van der Waals surface area contributed by atoms with Crippen LogP contribution in [0.2, 0.25) is 0 Å². The molecule has 0 aliphatic heterocycles. The Labute approximate surface area is 170 Å². The van der Waals surface area contributed by atoms with Gasteiger partial charge in [-0.3, -0.25) is 0 Å². The number of rotatable bonds is 7. The normalized spacial score (nSPS) is 11.2. The maximum absolute atomic E-state index is 10.1. The lowest BCUT2D eigenvalue weighted by atomic mass is 10.1. The first-order valence-corrected chi connectivity index (χ1v) is 10.4. The van der Waals surface area contributed by atoms with Gasteiger partial charge in [0.15, 0.2) is 17.3 Å². The van der Waals surface area contributed by atoms with Crippen molar-refractivity contribution in [3.8, 4) is 11.5 Å². The minimum atomic E-state index is 0.0767. The number of phenols is 1. The van der Waals surface area contributed by atoms with Crippen LogP contribution in [0.3, 0.4) is 0 Å². The maximum atomic E-state index is 10.1. The zero-order valence-corrected chi connectivity index (χ0v) is 17.4. The Morgan fingerprint density at radius 3 is 2.74 bits per heavy atom. The number of halogens is 1. The van der Waals surface area contributed by atoms with E-state index in [0.717, 1.165) is 17.0 Å². The first-order chi connectivity index (χ1) is 13.1. The van der Waals surface area contributed by atoms with Crippen molar-refractivity contribution < 1.29 is 9.84 Å². The Kier molecular flexibility index (Phi) is 6.52. The van der Waals surface area contributed by atoms with Crippen molar-refractivity contribution in [2.75, 3.05) is 12.9 Å². The van der Waals surface area contributed by atoms with Gasteiger partial charge >= 0.3 is 0 Å². The summed E-state index contributed by atoms with van der Waals surface area (Å²) in [6, 6.07) is 13.6. The quantitative estimate of drug-likeness (QED) is 0.431. The molecule has 8 heteroatoms. The van der Waals surface area contributed by atoms with E-state index < -0.39 is 0 Å². The second kappa shape index (κ2) is 9.05. The van der Waals surface area contributed by atoms with Crippen LogP contribution in [0.1, 0.15) is 23.9 Å². The fourth-order valence-corrected chi connectivity index (χ4v) is 3.39. The Balaban J connectivity index is 1.92. The molecule has 0 unspecified atom stereocenters. The number of thioether (sulfide) groups is 1. The molecule has 140 valence electrons. The van der Waals surface area contributed by atoms with Gasteiger partial charge in [0.1, 0.15) is 0 Å². The molecule has 0 bridgehead atoms. The van der Waals surface area contributed by atoms with E-state index in [1.54, 1.807) is 23.0 Å². The van der Waals surface area contributed by atoms with Crippen LogP contribution in [0, 0.1) is 0 Å². The Morgan fingerprint density at radius 2 is 2.04 bits per heavy atom. The first kappa shape index (κ1) is 19.4. The highest BCUT2D eigenvalue weighted by Gasteiger charge is 2.12. The van der Waals surface area contributed by atoms with Gasteiger partial charge in [-0.05, 0) is 52.4 Å². The summed E-state index contributed by atoms with van der Waals surface area (Å²) in [6.07, 6.45) is 4.27. The summed E-state index contributed by atoms with van der Waals surface area (Å²) < 4.78 is 7.75. The molecule has 3 rings (SSSR count). The van der Waals surface area contributed by atoms with E-state index in [1.807, 2.05) is 43.5 Å². The highest BCUT2D eigenvalue weighted by molar-refractivity contribution is 9.10. The third-order valence-electron chi connectivity index (χ3n) is 3.74. The van der Waals surface area contributed by atoms with E-state index in [2.05, 4.69) is 31.2 Å². The van der Waals surface area contributed by atoms with Crippen molar-refractivity contribution in [1.82, 2.24) is 14.9 Å². The molecule has 1 N–H and O–H groups in total. The predicted octanol–water partition coefficient (Wildman–Crippen LogP) is 4.34. The van der Waals surface area contributed by atoms with E-state index in [4.69, 9.17) is 4.74 Å². The number of benzene rings is 2.